The number of likely N-dealkylation sites (N-methyl/N-ethyl adjacent to an activating group) is 1. The Morgan fingerprint density at radius 1 is 1.08 bits per heavy atom. The lowest BCUT2D eigenvalue weighted by Crippen LogP contribution is -2.44. The molecule has 0 bridgehead atoms. The predicted molar refractivity (Wildman–Crippen MR) is 103 cm³/mol. The molecule has 0 heterocycles. The van der Waals surface area contributed by atoms with E-state index in [9.17, 15) is 14.7 Å². The normalized spacial score (nSPS) is 11.8. The van der Waals surface area contributed by atoms with E-state index >= 15 is 0 Å². The first-order valence-corrected chi connectivity index (χ1v) is 8.91. The molecule has 0 aliphatic rings. The topological polar surface area (TPSA) is 69.6 Å². The van der Waals surface area contributed by atoms with Crippen molar-refractivity contribution in [3.8, 4) is 11.1 Å². The third-order valence-corrected chi connectivity index (χ3v) is 4.48. The summed E-state index contributed by atoms with van der Waals surface area (Å²) < 4.78 is 0. The number of carbonyl (C=O) groups excluding carboxylic acids is 1. The van der Waals surface area contributed by atoms with Gasteiger partial charge in [-0.15, -0.1) is 0 Å². The SMILES string of the molecule is CCN(CC)C(=O)C(C)NCc1cc(C(=O)O)ccc1-c1ccccc1. The van der Waals surface area contributed by atoms with Crippen LogP contribution >= 0.6 is 0 Å². The Balaban J connectivity index is 2.25. The van der Waals surface area contributed by atoms with Crippen molar-refractivity contribution in [1.82, 2.24) is 10.2 Å². The molecule has 0 aliphatic heterocycles. The van der Waals surface area contributed by atoms with Gasteiger partial charge in [0.1, 0.15) is 0 Å². The lowest BCUT2D eigenvalue weighted by Gasteiger charge is -2.24. The van der Waals surface area contributed by atoms with E-state index in [-0.39, 0.29) is 17.5 Å². The summed E-state index contributed by atoms with van der Waals surface area (Å²) >= 11 is 0. The molecule has 0 aromatic heterocycles. The minimum atomic E-state index is -0.960. The van der Waals surface area contributed by atoms with E-state index in [0.717, 1.165) is 16.7 Å². The summed E-state index contributed by atoms with van der Waals surface area (Å²) in [5.74, 6) is -0.913. The van der Waals surface area contributed by atoms with E-state index in [1.807, 2.05) is 57.2 Å². The van der Waals surface area contributed by atoms with Crippen molar-refractivity contribution in [2.75, 3.05) is 13.1 Å². The fraction of sp³-hybridized carbons (Fsp3) is 0.333. The zero-order valence-electron chi connectivity index (χ0n) is 15.5. The Kier molecular flexibility index (Phi) is 6.92. The third kappa shape index (κ3) is 4.70. The molecule has 1 unspecified atom stereocenters. The summed E-state index contributed by atoms with van der Waals surface area (Å²) in [5.41, 5.74) is 3.08. The summed E-state index contributed by atoms with van der Waals surface area (Å²) in [4.78, 5) is 25.5. The molecule has 26 heavy (non-hydrogen) atoms. The Morgan fingerprint density at radius 3 is 2.31 bits per heavy atom. The van der Waals surface area contributed by atoms with E-state index < -0.39 is 5.97 Å². The molecule has 1 amide bonds. The van der Waals surface area contributed by atoms with Gasteiger partial charge >= 0.3 is 5.97 Å². The average molecular weight is 354 g/mol. The van der Waals surface area contributed by atoms with Gasteiger partial charge in [0.05, 0.1) is 11.6 Å². The molecule has 0 saturated heterocycles. The number of carboxylic acid groups (broad SMARTS) is 1. The Bertz CT molecular complexity index is 755. The standard InChI is InChI=1S/C21H26N2O3/c1-4-23(5-2)20(24)15(3)22-14-18-13-17(21(25)26)11-12-19(18)16-9-7-6-8-10-16/h6-13,15,22H,4-5,14H2,1-3H3,(H,25,26). The summed E-state index contributed by atoms with van der Waals surface area (Å²) in [6, 6.07) is 14.6. The van der Waals surface area contributed by atoms with Gasteiger partial charge in [-0.3, -0.25) is 4.79 Å². The maximum Gasteiger partial charge on any atom is 0.335 e. The third-order valence-electron chi connectivity index (χ3n) is 4.48. The molecule has 2 aromatic rings. The zero-order valence-corrected chi connectivity index (χ0v) is 15.5. The highest BCUT2D eigenvalue weighted by molar-refractivity contribution is 5.89. The maximum atomic E-state index is 12.4. The fourth-order valence-corrected chi connectivity index (χ4v) is 2.93. The van der Waals surface area contributed by atoms with Gasteiger partial charge in [-0.2, -0.15) is 0 Å². The van der Waals surface area contributed by atoms with E-state index in [1.54, 1.807) is 17.0 Å². The van der Waals surface area contributed by atoms with E-state index in [1.165, 1.54) is 0 Å². The molecular weight excluding hydrogens is 328 g/mol. The van der Waals surface area contributed by atoms with Gasteiger partial charge in [0.25, 0.3) is 0 Å². The molecule has 5 heteroatoms. The van der Waals surface area contributed by atoms with Crippen LogP contribution in [0.4, 0.5) is 0 Å². The van der Waals surface area contributed by atoms with Crippen LogP contribution in [0.1, 0.15) is 36.7 Å². The molecular formula is C21H26N2O3. The van der Waals surface area contributed by atoms with Crippen LogP contribution in [-0.2, 0) is 11.3 Å². The molecule has 0 spiro atoms. The smallest absolute Gasteiger partial charge is 0.335 e. The first-order valence-electron chi connectivity index (χ1n) is 8.91. The quantitative estimate of drug-likeness (QED) is 0.762. The second kappa shape index (κ2) is 9.15. The number of aromatic carboxylic acids is 1. The van der Waals surface area contributed by atoms with Gasteiger partial charge in [0.2, 0.25) is 5.91 Å². The van der Waals surface area contributed by atoms with Crippen molar-refractivity contribution in [3.63, 3.8) is 0 Å². The van der Waals surface area contributed by atoms with Crippen LogP contribution < -0.4 is 5.32 Å². The fourth-order valence-electron chi connectivity index (χ4n) is 2.93. The first-order chi connectivity index (χ1) is 12.5. The van der Waals surface area contributed by atoms with Crippen molar-refractivity contribution in [2.24, 2.45) is 0 Å². The van der Waals surface area contributed by atoms with Gasteiger partial charge in [-0.25, -0.2) is 4.79 Å². The van der Waals surface area contributed by atoms with Crippen LogP contribution in [-0.4, -0.2) is 41.0 Å². The van der Waals surface area contributed by atoms with Gasteiger partial charge < -0.3 is 15.3 Å². The minimum Gasteiger partial charge on any atom is -0.478 e. The van der Waals surface area contributed by atoms with E-state index in [2.05, 4.69) is 5.32 Å². The van der Waals surface area contributed by atoms with Crippen LogP contribution in [0, 0.1) is 0 Å². The van der Waals surface area contributed by atoms with Crippen LogP contribution in [0.25, 0.3) is 11.1 Å². The van der Waals surface area contributed by atoms with Crippen LogP contribution in [0.2, 0.25) is 0 Å². The number of benzene rings is 2. The highest BCUT2D eigenvalue weighted by Crippen LogP contribution is 2.25. The highest BCUT2D eigenvalue weighted by atomic mass is 16.4. The first kappa shape index (κ1) is 19.7. The molecule has 138 valence electrons. The van der Waals surface area contributed by atoms with Gasteiger partial charge in [0, 0.05) is 19.6 Å². The van der Waals surface area contributed by atoms with Crippen molar-refractivity contribution in [1.29, 1.82) is 0 Å². The van der Waals surface area contributed by atoms with E-state index in [4.69, 9.17) is 0 Å². The second-order valence-corrected chi connectivity index (χ2v) is 6.16. The van der Waals surface area contributed by atoms with Gasteiger partial charge in [-0.05, 0) is 49.6 Å². The van der Waals surface area contributed by atoms with Crippen molar-refractivity contribution < 1.29 is 14.7 Å². The summed E-state index contributed by atoms with van der Waals surface area (Å²) in [7, 11) is 0. The zero-order chi connectivity index (χ0) is 19.1. The van der Waals surface area contributed by atoms with E-state index in [0.29, 0.717) is 19.6 Å². The number of hydrogen-bond donors (Lipinski definition) is 2. The van der Waals surface area contributed by atoms with Gasteiger partial charge in [0.15, 0.2) is 0 Å². The predicted octanol–water partition coefficient (Wildman–Crippen LogP) is 3.40. The summed E-state index contributed by atoms with van der Waals surface area (Å²) in [6.07, 6.45) is 0. The molecule has 2 aromatic carbocycles. The van der Waals surface area contributed by atoms with Crippen LogP contribution in [0.15, 0.2) is 48.5 Å². The lowest BCUT2D eigenvalue weighted by atomic mass is 9.97. The van der Waals surface area contributed by atoms with Crippen molar-refractivity contribution >= 4 is 11.9 Å². The highest BCUT2D eigenvalue weighted by Gasteiger charge is 2.18. The lowest BCUT2D eigenvalue weighted by molar-refractivity contribution is -0.132. The number of nitrogens with one attached hydrogen (secondary N) is 1. The molecule has 0 radical (unpaired) electrons. The van der Waals surface area contributed by atoms with Crippen LogP contribution in [0.3, 0.4) is 0 Å². The maximum absolute atomic E-state index is 12.4. The Labute approximate surface area is 154 Å². The number of nitrogens with zero attached hydrogens (tertiary/aromatic N) is 1. The average Bonchev–Trinajstić information content (AvgIpc) is 2.67. The molecule has 2 N–H and O–H groups in total. The molecule has 2 rings (SSSR count). The van der Waals surface area contributed by atoms with Gasteiger partial charge in [-0.1, -0.05) is 36.4 Å². The Morgan fingerprint density at radius 2 is 1.73 bits per heavy atom. The molecule has 0 fully saturated rings. The molecule has 0 aliphatic carbocycles. The summed E-state index contributed by atoms with van der Waals surface area (Å²) in [5, 5.41) is 12.5. The number of amides is 1. The molecule has 1 atom stereocenters. The second-order valence-electron chi connectivity index (χ2n) is 6.16. The van der Waals surface area contributed by atoms with Crippen LogP contribution in [0.5, 0.6) is 0 Å². The number of carbonyl (C=O) groups is 2. The van der Waals surface area contributed by atoms with Crippen molar-refractivity contribution in [3.05, 3.63) is 59.7 Å². The van der Waals surface area contributed by atoms with Crippen molar-refractivity contribution in [2.45, 2.75) is 33.4 Å². The molecule has 5 nitrogen and oxygen atoms in total. The molecule has 0 saturated carbocycles. The largest absolute Gasteiger partial charge is 0.478 e. The number of rotatable bonds is 8. The monoisotopic (exact) mass is 354 g/mol. The Hall–Kier alpha value is -2.66. The summed E-state index contributed by atoms with van der Waals surface area (Å²) in [6.45, 7) is 7.51. The minimum absolute atomic E-state index is 0.0469. The number of carboxylic acids is 1. The number of hydrogen-bond acceptors (Lipinski definition) is 3.